The third kappa shape index (κ3) is 6.01. The molecule has 8 heteroatoms. The van der Waals surface area contributed by atoms with Gasteiger partial charge in [-0.25, -0.2) is 0 Å². The summed E-state index contributed by atoms with van der Waals surface area (Å²) in [6, 6.07) is 7.29. The maximum absolute atomic E-state index is 13.2. The van der Waals surface area contributed by atoms with E-state index in [9.17, 15) is 18.0 Å². The maximum atomic E-state index is 13.2. The van der Waals surface area contributed by atoms with Crippen molar-refractivity contribution >= 4 is 5.91 Å². The highest BCUT2D eigenvalue weighted by Gasteiger charge is 2.43. The van der Waals surface area contributed by atoms with Gasteiger partial charge in [-0.3, -0.25) is 9.69 Å². The van der Waals surface area contributed by atoms with Crippen LogP contribution in [0.3, 0.4) is 0 Å². The van der Waals surface area contributed by atoms with Crippen molar-refractivity contribution in [3.05, 3.63) is 30.3 Å². The molecule has 0 bridgehead atoms. The minimum Gasteiger partial charge on any atom is -0.493 e. The fourth-order valence-corrected chi connectivity index (χ4v) is 2.52. The van der Waals surface area contributed by atoms with Crippen LogP contribution in [0, 0.1) is 0 Å². The Labute approximate surface area is 139 Å². The van der Waals surface area contributed by atoms with Gasteiger partial charge in [0, 0.05) is 32.7 Å². The lowest BCUT2D eigenvalue weighted by molar-refractivity contribution is -0.184. The van der Waals surface area contributed by atoms with Crippen LogP contribution < -0.4 is 15.4 Å². The summed E-state index contributed by atoms with van der Waals surface area (Å²) in [5.74, 6) is 0.176. The number of hydrogen-bond acceptors (Lipinski definition) is 4. The highest BCUT2D eigenvalue weighted by atomic mass is 19.4. The minimum atomic E-state index is -4.37. The Morgan fingerprint density at radius 2 is 1.92 bits per heavy atom. The summed E-state index contributed by atoms with van der Waals surface area (Å²) in [4.78, 5) is 13.1. The molecule has 1 aliphatic rings. The first-order valence-electron chi connectivity index (χ1n) is 7.93. The summed E-state index contributed by atoms with van der Waals surface area (Å²) in [7, 11) is 0. The number of carbonyl (C=O) groups is 1. The topological polar surface area (TPSA) is 53.6 Å². The molecule has 1 saturated heterocycles. The van der Waals surface area contributed by atoms with E-state index in [0.717, 1.165) is 0 Å². The fraction of sp³-hybridized carbons (Fsp3) is 0.562. The standard InChI is InChI=1S/C16H22F3N3O2/c17-16(18,19)14(22-9-7-20-8-10-22)12-21-15(23)6-11-24-13-4-2-1-3-5-13/h1-5,14,20H,6-12H2,(H,21,23). The quantitative estimate of drug-likeness (QED) is 0.785. The van der Waals surface area contributed by atoms with Crippen LogP contribution in [0.1, 0.15) is 6.42 Å². The van der Waals surface area contributed by atoms with Crippen molar-refractivity contribution < 1.29 is 22.7 Å². The van der Waals surface area contributed by atoms with Gasteiger partial charge in [0.1, 0.15) is 11.8 Å². The first-order chi connectivity index (χ1) is 11.5. The molecule has 134 valence electrons. The molecule has 0 radical (unpaired) electrons. The molecule has 5 nitrogen and oxygen atoms in total. The number of rotatable bonds is 7. The maximum Gasteiger partial charge on any atom is 0.405 e. The fourth-order valence-electron chi connectivity index (χ4n) is 2.52. The zero-order valence-electron chi connectivity index (χ0n) is 13.3. The summed E-state index contributed by atoms with van der Waals surface area (Å²) in [5.41, 5.74) is 0. The van der Waals surface area contributed by atoms with Crippen molar-refractivity contribution in [1.82, 2.24) is 15.5 Å². The van der Waals surface area contributed by atoms with Crippen molar-refractivity contribution in [2.45, 2.75) is 18.6 Å². The molecule has 1 aromatic carbocycles. The largest absolute Gasteiger partial charge is 0.493 e. The van der Waals surface area contributed by atoms with Crippen molar-refractivity contribution in [2.24, 2.45) is 0 Å². The minimum absolute atomic E-state index is 0.0149. The van der Waals surface area contributed by atoms with E-state index in [4.69, 9.17) is 4.74 Å². The monoisotopic (exact) mass is 345 g/mol. The summed E-state index contributed by atoms with van der Waals surface area (Å²) >= 11 is 0. The van der Waals surface area contributed by atoms with Crippen LogP contribution in [-0.4, -0.2) is 62.4 Å². The molecule has 1 heterocycles. The van der Waals surface area contributed by atoms with Gasteiger partial charge in [0.2, 0.25) is 5.91 Å². The van der Waals surface area contributed by atoms with Gasteiger partial charge in [0.25, 0.3) is 0 Å². The lowest BCUT2D eigenvalue weighted by Crippen LogP contribution is -2.57. The lowest BCUT2D eigenvalue weighted by Gasteiger charge is -2.35. The molecule has 0 aliphatic carbocycles. The summed E-state index contributed by atoms with van der Waals surface area (Å²) in [6.07, 6.45) is -4.35. The molecule has 1 aromatic rings. The Kier molecular flexibility index (Phi) is 6.86. The molecule has 1 atom stereocenters. The highest BCUT2D eigenvalue weighted by Crippen LogP contribution is 2.24. The number of para-hydroxylation sites is 1. The average Bonchev–Trinajstić information content (AvgIpc) is 2.56. The molecule has 2 N–H and O–H groups in total. The summed E-state index contributed by atoms with van der Waals surface area (Å²) < 4.78 is 44.9. The average molecular weight is 345 g/mol. The van der Waals surface area contributed by atoms with Crippen molar-refractivity contribution in [1.29, 1.82) is 0 Å². The van der Waals surface area contributed by atoms with Gasteiger partial charge < -0.3 is 15.4 Å². The first-order valence-corrected chi connectivity index (χ1v) is 7.93. The Morgan fingerprint density at radius 3 is 2.54 bits per heavy atom. The van der Waals surface area contributed by atoms with E-state index < -0.39 is 24.7 Å². The zero-order chi connectivity index (χ0) is 17.4. The van der Waals surface area contributed by atoms with Crippen LogP contribution in [-0.2, 0) is 4.79 Å². The molecular formula is C16H22F3N3O2. The van der Waals surface area contributed by atoms with Crippen LogP contribution in [0.2, 0.25) is 0 Å². The number of carbonyl (C=O) groups excluding carboxylic acids is 1. The van der Waals surface area contributed by atoms with Gasteiger partial charge in [-0.2, -0.15) is 13.2 Å². The van der Waals surface area contributed by atoms with Crippen molar-refractivity contribution in [2.75, 3.05) is 39.3 Å². The Bertz CT molecular complexity index is 505. The van der Waals surface area contributed by atoms with Crippen LogP contribution in [0.4, 0.5) is 13.2 Å². The molecular weight excluding hydrogens is 323 g/mol. The molecule has 1 unspecified atom stereocenters. The number of hydrogen-bond donors (Lipinski definition) is 2. The summed E-state index contributed by atoms with van der Waals surface area (Å²) in [5, 5.41) is 5.39. The number of nitrogens with one attached hydrogen (secondary N) is 2. The molecule has 1 aliphatic heterocycles. The number of amides is 1. The molecule has 24 heavy (non-hydrogen) atoms. The lowest BCUT2D eigenvalue weighted by atomic mass is 10.2. The van der Waals surface area contributed by atoms with Gasteiger partial charge in [-0.05, 0) is 12.1 Å². The number of halogens is 3. The van der Waals surface area contributed by atoms with E-state index in [0.29, 0.717) is 31.9 Å². The zero-order valence-corrected chi connectivity index (χ0v) is 13.3. The van der Waals surface area contributed by atoms with Crippen LogP contribution in [0.25, 0.3) is 0 Å². The highest BCUT2D eigenvalue weighted by molar-refractivity contribution is 5.76. The first kappa shape index (κ1) is 18.5. The number of benzene rings is 1. The second-order valence-electron chi connectivity index (χ2n) is 5.56. The predicted molar refractivity (Wildman–Crippen MR) is 83.8 cm³/mol. The number of nitrogens with zero attached hydrogens (tertiary/aromatic N) is 1. The van der Waals surface area contributed by atoms with Gasteiger partial charge in [-0.15, -0.1) is 0 Å². The molecule has 0 spiro atoms. The number of ether oxygens (including phenoxy) is 1. The SMILES string of the molecule is O=C(CCOc1ccccc1)NCC(N1CCNCC1)C(F)(F)F. The van der Waals surface area contributed by atoms with Crippen LogP contribution in [0.15, 0.2) is 30.3 Å². The second kappa shape index (κ2) is 8.89. The Balaban J connectivity index is 1.75. The third-order valence-electron chi connectivity index (χ3n) is 3.80. The summed E-state index contributed by atoms with van der Waals surface area (Å²) in [6.45, 7) is 1.36. The van der Waals surface area contributed by atoms with Gasteiger partial charge >= 0.3 is 6.18 Å². The Hall–Kier alpha value is -1.80. The molecule has 2 rings (SSSR count). The van der Waals surface area contributed by atoms with E-state index in [-0.39, 0.29) is 13.0 Å². The predicted octanol–water partition coefficient (Wildman–Crippen LogP) is 1.41. The van der Waals surface area contributed by atoms with Crippen LogP contribution >= 0.6 is 0 Å². The molecule has 1 fully saturated rings. The van der Waals surface area contributed by atoms with E-state index in [1.165, 1.54) is 4.90 Å². The van der Waals surface area contributed by atoms with Gasteiger partial charge in [0.05, 0.1) is 13.0 Å². The molecule has 0 saturated carbocycles. The number of piperazine rings is 1. The van der Waals surface area contributed by atoms with Gasteiger partial charge in [0.15, 0.2) is 0 Å². The van der Waals surface area contributed by atoms with Crippen LogP contribution in [0.5, 0.6) is 5.75 Å². The smallest absolute Gasteiger partial charge is 0.405 e. The Morgan fingerprint density at radius 1 is 1.25 bits per heavy atom. The third-order valence-corrected chi connectivity index (χ3v) is 3.80. The van der Waals surface area contributed by atoms with Crippen molar-refractivity contribution in [3.63, 3.8) is 0 Å². The normalized spacial score (nSPS) is 17.3. The second-order valence-corrected chi connectivity index (χ2v) is 5.56. The van der Waals surface area contributed by atoms with Crippen molar-refractivity contribution in [3.8, 4) is 5.75 Å². The van der Waals surface area contributed by atoms with Gasteiger partial charge in [-0.1, -0.05) is 18.2 Å². The van der Waals surface area contributed by atoms with E-state index in [1.807, 2.05) is 6.07 Å². The van der Waals surface area contributed by atoms with E-state index in [2.05, 4.69) is 10.6 Å². The van der Waals surface area contributed by atoms with E-state index >= 15 is 0 Å². The molecule has 0 aromatic heterocycles. The number of alkyl halides is 3. The molecule has 1 amide bonds. The van der Waals surface area contributed by atoms with E-state index in [1.54, 1.807) is 24.3 Å².